The summed E-state index contributed by atoms with van der Waals surface area (Å²) in [6.45, 7) is 2.07. The highest BCUT2D eigenvalue weighted by atomic mass is 35.5. The van der Waals surface area contributed by atoms with Gasteiger partial charge in [-0.05, 0) is 24.6 Å². The van der Waals surface area contributed by atoms with Gasteiger partial charge in [0.2, 0.25) is 10.0 Å². The van der Waals surface area contributed by atoms with Crippen LogP contribution < -0.4 is 10.0 Å². The van der Waals surface area contributed by atoms with Gasteiger partial charge in [-0.1, -0.05) is 17.7 Å². The summed E-state index contributed by atoms with van der Waals surface area (Å²) in [5.74, 6) is 0. The Balaban J connectivity index is 0.00000312. The minimum Gasteiger partial charge on any atom is -0.314 e. The zero-order valence-electron chi connectivity index (χ0n) is 13.4. The fraction of sp³-hybridized carbons (Fsp3) is 0.571. The van der Waals surface area contributed by atoms with E-state index in [2.05, 4.69) is 10.0 Å². The van der Waals surface area contributed by atoms with Crippen molar-refractivity contribution < 1.29 is 21.6 Å². The molecule has 1 atom stereocenters. The first-order valence-corrected chi connectivity index (χ1v) is 9.25. The molecule has 25 heavy (non-hydrogen) atoms. The van der Waals surface area contributed by atoms with Crippen molar-refractivity contribution in [3.05, 3.63) is 28.8 Å². The van der Waals surface area contributed by atoms with Gasteiger partial charge in [-0.15, -0.1) is 12.4 Å². The third kappa shape index (κ3) is 5.70. The highest BCUT2D eigenvalue weighted by Gasteiger charge is 2.44. The topological polar surface area (TPSA) is 61.4 Å². The second kappa shape index (κ2) is 8.88. The lowest BCUT2D eigenvalue weighted by Gasteiger charge is -2.35. The maximum atomic E-state index is 13.3. The second-order valence-electron chi connectivity index (χ2n) is 5.56. The first-order valence-electron chi connectivity index (χ1n) is 7.39. The molecule has 1 unspecified atom stereocenters. The normalized spacial score (nSPS) is 17.8. The zero-order chi connectivity index (χ0) is 18.0. The SMILES string of the molecule is Cc1c(Cl)cccc1S(=O)(=O)NCC(N1CCNCC1)C(F)(F)F.Cl. The van der Waals surface area contributed by atoms with Gasteiger partial charge < -0.3 is 5.32 Å². The number of benzene rings is 1. The van der Waals surface area contributed by atoms with Gasteiger partial charge in [0.05, 0.1) is 4.90 Å². The number of rotatable bonds is 5. The molecule has 144 valence electrons. The summed E-state index contributed by atoms with van der Waals surface area (Å²) >= 11 is 5.89. The average molecular weight is 422 g/mol. The lowest BCUT2D eigenvalue weighted by atomic mass is 10.2. The Morgan fingerprint density at radius 2 is 1.92 bits per heavy atom. The van der Waals surface area contributed by atoms with E-state index >= 15 is 0 Å². The Morgan fingerprint density at radius 3 is 2.48 bits per heavy atom. The Hall–Kier alpha value is -0.580. The van der Waals surface area contributed by atoms with Crippen LogP contribution in [0.4, 0.5) is 13.2 Å². The molecule has 0 bridgehead atoms. The molecule has 2 N–H and O–H groups in total. The maximum Gasteiger partial charge on any atom is 0.405 e. The van der Waals surface area contributed by atoms with Gasteiger partial charge in [0.25, 0.3) is 0 Å². The van der Waals surface area contributed by atoms with Crippen molar-refractivity contribution in [3.63, 3.8) is 0 Å². The van der Waals surface area contributed by atoms with E-state index in [0.717, 1.165) is 0 Å². The Labute approximate surface area is 156 Å². The molecule has 1 saturated heterocycles. The highest BCUT2D eigenvalue weighted by molar-refractivity contribution is 7.89. The quantitative estimate of drug-likeness (QED) is 0.764. The number of piperazine rings is 1. The van der Waals surface area contributed by atoms with Crippen molar-refractivity contribution in [2.75, 3.05) is 32.7 Å². The second-order valence-corrected chi connectivity index (χ2v) is 7.70. The fourth-order valence-electron chi connectivity index (χ4n) is 2.59. The maximum absolute atomic E-state index is 13.3. The highest BCUT2D eigenvalue weighted by Crippen LogP contribution is 2.26. The number of alkyl halides is 3. The van der Waals surface area contributed by atoms with Crippen LogP contribution in [0, 0.1) is 6.92 Å². The zero-order valence-corrected chi connectivity index (χ0v) is 15.8. The molecule has 0 aliphatic carbocycles. The summed E-state index contributed by atoms with van der Waals surface area (Å²) in [4.78, 5) is 1.13. The van der Waals surface area contributed by atoms with Crippen LogP contribution in [0.15, 0.2) is 23.1 Å². The predicted octanol–water partition coefficient (Wildman–Crippen LogP) is 2.18. The minimum atomic E-state index is -4.52. The molecule has 1 aliphatic rings. The molecule has 5 nitrogen and oxygen atoms in total. The largest absolute Gasteiger partial charge is 0.405 e. The van der Waals surface area contributed by atoms with E-state index in [0.29, 0.717) is 18.7 Å². The molecule has 0 radical (unpaired) electrons. The summed E-state index contributed by atoms with van der Waals surface area (Å²) in [7, 11) is -4.08. The van der Waals surface area contributed by atoms with Gasteiger partial charge in [0.15, 0.2) is 0 Å². The molecular weight excluding hydrogens is 402 g/mol. The van der Waals surface area contributed by atoms with Gasteiger partial charge in [-0.25, -0.2) is 13.1 Å². The van der Waals surface area contributed by atoms with Crippen molar-refractivity contribution in [1.29, 1.82) is 0 Å². The number of hydrogen-bond acceptors (Lipinski definition) is 4. The lowest BCUT2D eigenvalue weighted by molar-refractivity contribution is -0.182. The predicted molar refractivity (Wildman–Crippen MR) is 92.9 cm³/mol. The molecule has 0 spiro atoms. The van der Waals surface area contributed by atoms with Crippen molar-refractivity contribution in [2.24, 2.45) is 0 Å². The smallest absolute Gasteiger partial charge is 0.314 e. The molecule has 0 saturated carbocycles. The van der Waals surface area contributed by atoms with E-state index in [4.69, 9.17) is 11.6 Å². The fourth-order valence-corrected chi connectivity index (χ4v) is 4.12. The molecular formula is C14H20Cl2F3N3O2S. The molecule has 1 heterocycles. The van der Waals surface area contributed by atoms with Crippen LogP contribution in [-0.2, 0) is 10.0 Å². The first kappa shape index (κ1) is 22.5. The van der Waals surface area contributed by atoms with E-state index < -0.39 is 28.8 Å². The van der Waals surface area contributed by atoms with Crippen LogP contribution in [0.5, 0.6) is 0 Å². The number of nitrogens with one attached hydrogen (secondary N) is 2. The molecule has 1 aromatic rings. The van der Waals surface area contributed by atoms with Crippen LogP contribution in [0.1, 0.15) is 5.56 Å². The molecule has 11 heteroatoms. The van der Waals surface area contributed by atoms with Crippen molar-refractivity contribution >= 4 is 34.0 Å². The van der Waals surface area contributed by atoms with Crippen molar-refractivity contribution in [2.45, 2.75) is 24.0 Å². The third-order valence-electron chi connectivity index (χ3n) is 3.94. The summed E-state index contributed by atoms with van der Waals surface area (Å²) in [6, 6.07) is 2.42. The van der Waals surface area contributed by atoms with E-state index in [1.165, 1.54) is 30.0 Å². The molecule has 1 aromatic carbocycles. The van der Waals surface area contributed by atoms with Gasteiger partial charge in [-0.3, -0.25) is 4.90 Å². The van der Waals surface area contributed by atoms with E-state index in [9.17, 15) is 21.6 Å². The van der Waals surface area contributed by atoms with Crippen LogP contribution in [0.3, 0.4) is 0 Å². The van der Waals surface area contributed by atoms with Crippen molar-refractivity contribution in [1.82, 2.24) is 14.9 Å². The lowest BCUT2D eigenvalue weighted by Crippen LogP contribution is -2.57. The monoisotopic (exact) mass is 421 g/mol. The van der Waals surface area contributed by atoms with Crippen LogP contribution in [0.25, 0.3) is 0 Å². The van der Waals surface area contributed by atoms with E-state index in [1.54, 1.807) is 0 Å². The average Bonchev–Trinajstić information content (AvgIpc) is 2.49. The van der Waals surface area contributed by atoms with Gasteiger partial charge in [0.1, 0.15) is 6.04 Å². The van der Waals surface area contributed by atoms with Gasteiger partial charge in [-0.2, -0.15) is 13.2 Å². The van der Waals surface area contributed by atoms with Crippen molar-refractivity contribution in [3.8, 4) is 0 Å². The molecule has 2 rings (SSSR count). The summed E-state index contributed by atoms with van der Waals surface area (Å²) in [5.41, 5.74) is 0.303. The standard InChI is InChI=1S/C14H19ClF3N3O2S.ClH/c1-10-11(15)3-2-4-12(10)24(22,23)20-9-13(14(16,17)18)21-7-5-19-6-8-21;/h2-4,13,19-20H,5-9H2,1H3;1H. The van der Waals surface area contributed by atoms with Gasteiger partial charge in [0, 0.05) is 37.7 Å². The Morgan fingerprint density at radius 1 is 1.32 bits per heavy atom. The number of hydrogen-bond donors (Lipinski definition) is 2. The number of halogens is 5. The first-order chi connectivity index (χ1) is 11.1. The molecule has 1 fully saturated rings. The van der Waals surface area contributed by atoms with Crippen LogP contribution >= 0.6 is 24.0 Å². The molecule has 0 aromatic heterocycles. The minimum absolute atomic E-state index is 0. The Kier molecular flexibility index (Phi) is 7.97. The van der Waals surface area contributed by atoms with E-state index in [1.807, 2.05) is 0 Å². The van der Waals surface area contributed by atoms with Gasteiger partial charge >= 0.3 is 6.18 Å². The van der Waals surface area contributed by atoms with E-state index in [-0.39, 0.29) is 35.4 Å². The summed E-state index contributed by atoms with van der Waals surface area (Å²) < 4.78 is 66.7. The molecule has 1 aliphatic heterocycles. The molecule has 0 amide bonds. The Bertz CT molecular complexity index is 680. The third-order valence-corrected chi connectivity index (χ3v) is 5.92. The number of nitrogens with zero attached hydrogens (tertiary/aromatic N) is 1. The summed E-state index contributed by atoms with van der Waals surface area (Å²) in [6.07, 6.45) is -4.52. The van der Waals surface area contributed by atoms with Crippen LogP contribution in [-0.4, -0.2) is 58.3 Å². The number of sulfonamides is 1. The summed E-state index contributed by atoms with van der Waals surface area (Å²) in [5, 5.41) is 3.21. The van der Waals surface area contributed by atoms with Crippen LogP contribution in [0.2, 0.25) is 5.02 Å².